The summed E-state index contributed by atoms with van der Waals surface area (Å²) in [7, 11) is 0. The van der Waals surface area contributed by atoms with Crippen molar-refractivity contribution in [3.63, 3.8) is 0 Å². The summed E-state index contributed by atoms with van der Waals surface area (Å²) in [5.74, 6) is 0.365. The second kappa shape index (κ2) is 7.12. The fourth-order valence-electron chi connectivity index (χ4n) is 10.8. The molecule has 192 valence electrons. The largest absolute Gasteiger partial charge is 0.481 e. The van der Waals surface area contributed by atoms with E-state index in [2.05, 4.69) is 54.5 Å². The summed E-state index contributed by atoms with van der Waals surface area (Å²) in [6, 6.07) is 0. The van der Waals surface area contributed by atoms with Gasteiger partial charge in [0, 0.05) is 0 Å². The van der Waals surface area contributed by atoms with Gasteiger partial charge in [-0.15, -0.1) is 0 Å². The van der Waals surface area contributed by atoms with E-state index in [1.54, 1.807) is 0 Å². The zero-order valence-corrected chi connectivity index (χ0v) is 22.6. The van der Waals surface area contributed by atoms with Gasteiger partial charge in [0.15, 0.2) is 0 Å². The minimum atomic E-state index is -0.679. The van der Waals surface area contributed by atoms with Crippen molar-refractivity contribution in [2.45, 2.75) is 118 Å². The topological polar surface area (TPSA) is 77.8 Å². The van der Waals surface area contributed by atoms with Gasteiger partial charge in [-0.25, -0.2) is 0 Å². The first kappa shape index (κ1) is 24.8. The standard InChI is InChI=1S/C30H48O4/c1-25(2)12-14-30(24(33)34)15-13-28(6)18(19(30)16-25)8-9-22-27(5)17-20(31)23(32)26(3,4)21(27)10-11-29(22,28)7/h8,19-23,31-32H,9-17H2,1-7H3,(H,33,34)/t19-,20?,21?,22?,23-,27-,28?,29+,30-/m0/s1. The van der Waals surface area contributed by atoms with Crippen LogP contribution in [0.15, 0.2) is 11.6 Å². The Morgan fingerprint density at radius 3 is 2.18 bits per heavy atom. The number of carboxylic acids is 1. The second-order valence-corrected chi connectivity index (χ2v) is 15.2. The lowest BCUT2D eigenvalue weighted by atomic mass is 9.33. The summed E-state index contributed by atoms with van der Waals surface area (Å²) in [5.41, 5.74) is 0.754. The predicted molar refractivity (Wildman–Crippen MR) is 134 cm³/mol. The van der Waals surface area contributed by atoms with Gasteiger partial charge in [-0.05, 0) is 103 Å². The number of rotatable bonds is 1. The number of hydrogen-bond acceptors (Lipinski definition) is 3. The first-order valence-electron chi connectivity index (χ1n) is 13.9. The second-order valence-electron chi connectivity index (χ2n) is 15.2. The summed E-state index contributed by atoms with van der Waals surface area (Å²) in [6.45, 7) is 16.3. The van der Waals surface area contributed by atoms with Gasteiger partial charge in [-0.3, -0.25) is 4.79 Å². The van der Waals surface area contributed by atoms with Gasteiger partial charge in [-0.1, -0.05) is 60.1 Å². The van der Waals surface area contributed by atoms with Crippen molar-refractivity contribution in [1.29, 1.82) is 0 Å². The lowest BCUT2D eigenvalue weighted by Crippen LogP contribution is -2.67. The van der Waals surface area contributed by atoms with E-state index in [1.165, 1.54) is 5.57 Å². The van der Waals surface area contributed by atoms with Gasteiger partial charge in [-0.2, -0.15) is 0 Å². The third-order valence-corrected chi connectivity index (χ3v) is 13.0. The van der Waals surface area contributed by atoms with E-state index >= 15 is 0 Å². The van der Waals surface area contributed by atoms with Crippen LogP contribution in [0.1, 0.15) is 106 Å². The monoisotopic (exact) mass is 472 g/mol. The van der Waals surface area contributed by atoms with Crippen LogP contribution in [0.3, 0.4) is 0 Å². The molecule has 0 aromatic heterocycles. The molecule has 4 unspecified atom stereocenters. The average molecular weight is 473 g/mol. The maximum absolute atomic E-state index is 12.8. The third kappa shape index (κ3) is 2.88. The Kier molecular flexibility index (Phi) is 5.20. The molecule has 4 heteroatoms. The highest BCUT2D eigenvalue weighted by Crippen LogP contribution is 2.75. The van der Waals surface area contributed by atoms with E-state index < -0.39 is 23.6 Å². The Labute approximate surface area is 206 Å². The van der Waals surface area contributed by atoms with Crippen molar-refractivity contribution in [2.75, 3.05) is 0 Å². The van der Waals surface area contributed by atoms with E-state index in [1.807, 2.05) is 0 Å². The summed E-state index contributed by atoms with van der Waals surface area (Å²) >= 11 is 0. The van der Waals surface area contributed by atoms with Crippen LogP contribution in [0.2, 0.25) is 0 Å². The van der Waals surface area contributed by atoms with Crippen molar-refractivity contribution in [3.8, 4) is 0 Å². The zero-order valence-electron chi connectivity index (χ0n) is 22.6. The fourth-order valence-corrected chi connectivity index (χ4v) is 10.8. The molecule has 5 aliphatic carbocycles. The normalized spacial score (nSPS) is 53.4. The Hall–Kier alpha value is -0.870. The van der Waals surface area contributed by atoms with Crippen LogP contribution in [0.5, 0.6) is 0 Å². The highest BCUT2D eigenvalue weighted by Gasteiger charge is 2.70. The summed E-state index contributed by atoms with van der Waals surface area (Å²) in [6.07, 6.45) is 9.45. The van der Waals surface area contributed by atoms with Gasteiger partial charge in [0.2, 0.25) is 0 Å². The van der Waals surface area contributed by atoms with Crippen molar-refractivity contribution >= 4 is 5.97 Å². The van der Waals surface area contributed by atoms with E-state index in [4.69, 9.17) is 0 Å². The minimum absolute atomic E-state index is 0.00785. The van der Waals surface area contributed by atoms with Crippen molar-refractivity contribution in [1.82, 2.24) is 0 Å². The molecule has 34 heavy (non-hydrogen) atoms. The zero-order chi connectivity index (χ0) is 25.1. The fraction of sp³-hybridized carbons (Fsp3) is 0.900. The molecule has 9 atom stereocenters. The van der Waals surface area contributed by atoms with Gasteiger partial charge < -0.3 is 15.3 Å². The van der Waals surface area contributed by atoms with Crippen LogP contribution in [-0.4, -0.2) is 33.5 Å². The van der Waals surface area contributed by atoms with E-state index in [0.717, 1.165) is 51.4 Å². The first-order valence-corrected chi connectivity index (χ1v) is 13.9. The molecule has 0 aromatic carbocycles. The molecule has 0 radical (unpaired) electrons. The summed E-state index contributed by atoms with van der Waals surface area (Å²) < 4.78 is 0. The molecule has 4 fully saturated rings. The molecule has 0 saturated heterocycles. The molecule has 0 amide bonds. The van der Waals surface area contributed by atoms with Crippen LogP contribution in [-0.2, 0) is 4.79 Å². The number of aliphatic carboxylic acids is 1. The molecular formula is C30H48O4. The molecule has 4 saturated carbocycles. The maximum atomic E-state index is 12.8. The first-order chi connectivity index (χ1) is 15.6. The van der Waals surface area contributed by atoms with E-state index in [-0.39, 0.29) is 33.0 Å². The molecule has 0 heterocycles. The predicted octanol–water partition coefficient (Wildman–Crippen LogP) is 6.20. The third-order valence-electron chi connectivity index (χ3n) is 13.0. The van der Waals surface area contributed by atoms with Crippen molar-refractivity contribution in [3.05, 3.63) is 11.6 Å². The highest BCUT2D eigenvalue weighted by molar-refractivity contribution is 5.76. The highest BCUT2D eigenvalue weighted by atomic mass is 16.4. The van der Waals surface area contributed by atoms with Crippen LogP contribution in [0.4, 0.5) is 0 Å². The van der Waals surface area contributed by atoms with Gasteiger partial charge in [0.1, 0.15) is 0 Å². The molecule has 3 N–H and O–H groups in total. The molecule has 0 aromatic rings. The molecule has 0 bridgehead atoms. The van der Waals surface area contributed by atoms with Crippen LogP contribution in [0, 0.1) is 50.2 Å². The van der Waals surface area contributed by atoms with Gasteiger partial charge in [0.25, 0.3) is 0 Å². The molecule has 5 aliphatic rings. The minimum Gasteiger partial charge on any atom is -0.481 e. The lowest BCUT2D eigenvalue weighted by molar-refractivity contribution is -0.231. The van der Waals surface area contributed by atoms with Crippen LogP contribution >= 0.6 is 0 Å². The number of carboxylic acid groups (broad SMARTS) is 1. The number of allylic oxidation sites excluding steroid dienone is 2. The molecule has 5 rings (SSSR count). The molecule has 0 aliphatic heterocycles. The van der Waals surface area contributed by atoms with Gasteiger partial charge in [0.05, 0.1) is 17.6 Å². The Bertz CT molecular complexity index is 919. The number of carbonyl (C=O) groups is 1. The molecule has 0 spiro atoms. The van der Waals surface area contributed by atoms with Crippen LogP contribution in [0.25, 0.3) is 0 Å². The quantitative estimate of drug-likeness (QED) is 0.397. The van der Waals surface area contributed by atoms with Crippen molar-refractivity contribution in [2.24, 2.45) is 50.2 Å². The summed E-state index contributed by atoms with van der Waals surface area (Å²) in [4.78, 5) is 12.8. The Balaban J connectivity index is 1.61. The van der Waals surface area contributed by atoms with Gasteiger partial charge >= 0.3 is 5.97 Å². The lowest BCUT2D eigenvalue weighted by Gasteiger charge is -2.71. The molecule has 4 nitrogen and oxygen atoms in total. The van der Waals surface area contributed by atoms with Crippen LogP contribution < -0.4 is 0 Å². The summed E-state index contributed by atoms with van der Waals surface area (Å²) in [5, 5.41) is 32.4. The Morgan fingerprint density at radius 2 is 1.53 bits per heavy atom. The number of hydrogen-bond donors (Lipinski definition) is 3. The molecular weight excluding hydrogens is 424 g/mol. The maximum Gasteiger partial charge on any atom is 0.310 e. The smallest absolute Gasteiger partial charge is 0.310 e. The average Bonchev–Trinajstić information content (AvgIpc) is 2.72. The van der Waals surface area contributed by atoms with E-state index in [9.17, 15) is 20.1 Å². The Morgan fingerprint density at radius 1 is 0.882 bits per heavy atom. The van der Waals surface area contributed by atoms with E-state index in [0.29, 0.717) is 18.3 Å². The number of fused-ring (bicyclic) bond motifs is 7. The number of aliphatic hydroxyl groups excluding tert-OH is 2. The SMILES string of the molecule is CC1(C)CC[C@]2(C(=O)O)CCC3(C)C(=CCC4[C@@]5(C)CC(O)[C@H](O)C(C)(C)C5CC[C@]43C)[C@@H]2C1. The number of aliphatic hydroxyl groups is 2. The van der Waals surface area contributed by atoms with Crippen molar-refractivity contribution < 1.29 is 20.1 Å².